The number of nitrogens with one attached hydrogen (secondary N) is 1. The molecule has 2 N–H and O–H groups in total. The topological polar surface area (TPSA) is 114 Å². The number of rotatable bonds is 13. The van der Waals surface area contributed by atoms with E-state index in [4.69, 9.17) is 0 Å². The minimum Gasteiger partial charge on any atom is -0.478 e. The summed E-state index contributed by atoms with van der Waals surface area (Å²) in [6.07, 6.45) is 2.38. The van der Waals surface area contributed by atoms with Crippen LogP contribution >= 0.6 is 11.8 Å². The monoisotopic (exact) mass is 536 g/mol. The number of thioether (sulfide) groups is 1. The number of aromatic carboxylic acids is 1. The van der Waals surface area contributed by atoms with E-state index >= 15 is 0 Å². The van der Waals surface area contributed by atoms with Crippen LogP contribution in [0, 0.1) is 11.8 Å². The molecule has 0 aliphatic carbocycles. The number of aromatic nitrogens is 3. The van der Waals surface area contributed by atoms with Crippen molar-refractivity contribution >= 4 is 28.8 Å². The number of carbonyl (C=O) groups is 3. The van der Waals surface area contributed by atoms with Crippen LogP contribution in [0.3, 0.4) is 0 Å². The SMILES string of the molecule is CCCc1nnc(CNC(=O)C(CSC(C)=O)CC(C)C)n1Cc1ccc(-c2ccccc2C(=O)O)cc1. The molecule has 0 saturated heterocycles. The van der Waals surface area contributed by atoms with Gasteiger partial charge in [-0.25, -0.2) is 4.79 Å². The number of hydrogen-bond acceptors (Lipinski definition) is 6. The Labute approximate surface area is 228 Å². The lowest BCUT2D eigenvalue weighted by Crippen LogP contribution is -2.33. The second-order valence-corrected chi connectivity index (χ2v) is 11.0. The summed E-state index contributed by atoms with van der Waals surface area (Å²) in [5.74, 6) is 1.03. The summed E-state index contributed by atoms with van der Waals surface area (Å²) in [7, 11) is 0. The first kappa shape index (κ1) is 29.1. The minimum atomic E-state index is -0.958. The third-order valence-corrected chi connectivity index (χ3v) is 7.15. The first-order valence-corrected chi connectivity index (χ1v) is 13.9. The lowest BCUT2D eigenvalue weighted by atomic mass is 9.98. The maximum Gasteiger partial charge on any atom is 0.336 e. The Bertz CT molecular complexity index is 1250. The Balaban J connectivity index is 1.76. The Morgan fingerprint density at radius 1 is 1.03 bits per heavy atom. The molecule has 0 aliphatic rings. The van der Waals surface area contributed by atoms with Gasteiger partial charge in [0.25, 0.3) is 0 Å². The first-order valence-electron chi connectivity index (χ1n) is 12.9. The smallest absolute Gasteiger partial charge is 0.336 e. The molecule has 3 aromatic rings. The van der Waals surface area contributed by atoms with Crippen molar-refractivity contribution in [2.75, 3.05) is 5.75 Å². The maximum atomic E-state index is 13.0. The molecule has 0 spiro atoms. The van der Waals surface area contributed by atoms with E-state index in [1.54, 1.807) is 18.2 Å². The van der Waals surface area contributed by atoms with Crippen molar-refractivity contribution in [2.45, 2.75) is 60.0 Å². The molecular weight excluding hydrogens is 500 g/mol. The first-order chi connectivity index (χ1) is 18.2. The fourth-order valence-corrected chi connectivity index (χ4v) is 5.06. The molecule has 3 rings (SSSR count). The molecule has 1 atom stereocenters. The summed E-state index contributed by atoms with van der Waals surface area (Å²) in [4.78, 5) is 36.0. The van der Waals surface area contributed by atoms with Crippen molar-refractivity contribution in [1.82, 2.24) is 20.1 Å². The van der Waals surface area contributed by atoms with Gasteiger partial charge in [0.15, 0.2) is 10.9 Å². The molecular formula is C29H36N4O4S. The molecule has 1 heterocycles. The third kappa shape index (κ3) is 8.02. The summed E-state index contributed by atoms with van der Waals surface area (Å²) in [5, 5.41) is 21.3. The van der Waals surface area contributed by atoms with Gasteiger partial charge in [0.2, 0.25) is 5.91 Å². The van der Waals surface area contributed by atoms with Crippen molar-refractivity contribution in [3.05, 3.63) is 71.3 Å². The second-order valence-electron chi connectivity index (χ2n) is 9.76. The predicted octanol–water partition coefficient (Wildman–Crippen LogP) is 5.20. The van der Waals surface area contributed by atoms with Crippen LogP contribution in [0.15, 0.2) is 48.5 Å². The number of carbonyl (C=O) groups excluding carboxylic acids is 2. The van der Waals surface area contributed by atoms with E-state index in [0.717, 1.165) is 29.8 Å². The van der Waals surface area contributed by atoms with Crippen LogP contribution in [0.25, 0.3) is 11.1 Å². The zero-order valence-electron chi connectivity index (χ0n) is 22.4. The number of nitrogens with zero attached hydrogens (tertiary/aromatic N) is 3. The third-order valence-electron chi connectivity index (χ3n) is 6.18. The molecule has 8 nitrogen and oxygen atoms in total. The molecule has 0 saturated carbocycles. The van der Waals surface area contributed by atoms with E-state index < -0.39 is 5.97 Å². The number of benzene rings is 2. The van der Waals surface area contributed by atoms with Gasteiger partial charge >= 0.3 is 5.97 Å². The van der Waals surface area contributed by atoms with Crippen LogP contribution in [0.4, 0.5) is 0 Å². The normalized spacial score (nSPS) is 11.9. The summed E-state index contributed by atoms with van der Waals surface area (Å²) in [6, 6.07) is 14.8. The van der Waals surface area contributed by atoms with E-state index in [1.165, 1.54) is 18.7 Å². The van der Waals surface area contributed by atoms with E-state index in [2.05, 4.69) is 36.3 Å². The molecule has 1 amide bonds. The lowest BCUT2D eigenvalue weighted by Gasteiger charge is -2.18. The molecule has 1 unspecified atom stereocenters. The minimum absolute atomic E-state index is 0.00738. The van der Waals surface area contributed by atoms with Crippen molar-refractivity contribution in [1.29, 1.82) is 0 Å². The molecule has 1 aromatic heterocycles. The van der Waals surface area contributed by atoms with E-state index in [-0.39, 0.29) is 29.0 Å². The molecule has 38 heavy (non-hydrogen) atoms. The molecule has 0 radical (unpaired) electrons. The molecule has 0 aliphatic heterocycles. The maximum absolute atomic E-state index is 13.0. The van der Waals surface area contributed by atoms with Gasteiger partial charge in [0.05, 0.1) is 18.7 Å². The highest BCUT2D eigenvalue weighted by molar-refractivity contribution is 8.13. The quantitative estimate of drug-likeness (QED) is 0.308. The number of carboxylic acid groups (broad SMARTS) is 1. The van der Waals surface area contributed by atoms with Gasteiger partial charge in [-0.1, -0.05) is 75.0 Å². The molecule has 9 heteroatoms. The van der Waals surface area contributed by atoms with Gasteiger partial charge in [-0.15, -0.1) is 10.2 Å². The lowest BCUT2D eigenvalue weighted by molar-refractivity contribution is -0.125. The zero-order valence-corrected chi connectivity index (χ0v) is 23.3. The largest absolute Gasteiger partial charge is 0.478 e. The van der Waals surface area contributed by atoms with E-state index in [9.17, 15) is 19.5 Å². The Kier molecular flexibility index (Phi) is 10.6. The van der Waals surface area contributed by atoms with Crippen molar-refractivity contribution in [3.63, 3.8) is 0 Å². The number of carboxylic acids is 1. The van der Waals surface area contributed by atoms with Crippen molar-refractivity contribution in [2.24, 2.45) is 11.8 Å². The number of amides is 1. The summed E-state index contributed by atoms with van der Waals surface area (Å²) in [5.41, 5.74) is 2.78. The van der Waals surface area contributed by atoms with Gasteiger partial charge in [-0.3, -0.25) is 9.59 Å². The van der Waals surface area contributed by atoms with Crippen LogP contribution in [-0.2, 0) is 29.1 Å². The van der Waals surface area contributed by atoms with Crippen LogP contribution < -0.4 is 5.32 Å². The van der Waals surface area contributed by atoms with Crippen molar-refractivity contribution in [3.8, 4) is 11.1 Å². The number of hydrogen-bond donors (Lipinski definition) is 2. The van der Waals surface area contributed by atoms with E-state index in [0.29, 0.717) is 36.0 Å². The zero-order chi connectivity index (χ0) is 27.7. The standard InChI is InChI=1S/C29H36N4O4S/c1-5-8-26-31-32-27(16-30-28(35)23(15-19(2)3)18-38-20(4)34)33(26)17-21-11-13-22(14-12-21)24-9-6-7-10-25(24)29(36)37/h6-7,9-14,19,23H,5,8,15-18H2,1-4H3,(H,30,35)(H,36,37). The summed E-state index contributed by atoms with van der Waals surface area (Å²) in [6.45, 7) is 8.52. The van der Waals surface area contributed by atoms with Crippen LogP contribution in [-0.4, -0.2) is 42.6 Å². The average Bonchev–Trinajstić information content (AvgIpc) is 3.26. The van der Waals surface area contributed by atoms with Crippen LogP contribution in [0.5, 0.6) is 0 Å². The Hall–Kier alpha value is -3.46. The predicted molar refractivity (Wildman–Crippen MR) is 150 cm³/mol. The highest BCUT2D eigenvalue weighted by atomic mass is 32.2. The highest BCUT2D eigenvalue weighted by Crippen LogP contribution is 2.25. The highest BCUT2D eigenvalue weighted by Gasteiger charge is 2.22. The van der Waals surface area contributed by atoms with E-state index in [1.807, 2.05) is 34.9 Å². The second kappa shape index (κ2) is 13.9. The van der Waals surface area contributed by atoms with Gasteiger partial charge < -0.3 is 15.0 Å². The van der Waals surface area contributed by atoms with Gasteiger partial charge in [-0.2, -0.15) is 0 Å². The average molecular weight is 537 g/mol. The van der Waals surface area contributed by atoms with Crippen LogP contribution in [0.2, 0.25) is 0 Å². The summed E-state index contributed by atoms with van der Waals surface area (Å²) < 4.78 is 2.03. The van der Waals surface area contributed by atoms with Gasteiger partial charge in [-0.05, 0) is 41.5 Å². The fourth-order valence-electron chi connectivity index (χ4n) is 4.34. The fraction of sp³-hybridized carbons (Fsp3) is 0.414. The summed E-state index contributed by atoms with van der Waals surface area (Å²) >= 11 is 1.18. The molecule has 0 bridgehead atoms. The molecule has 0 fully saturated rings. The molecule has 202 valence electrons. The molecule has 2 aromatic carbocycles. The van der Waals surface area contributed by atoms with Gasteiger partial charge in [0, 0.05) is 25.0 Å². The van der Waals surface area contributed by atoms with Crippen LogP contribution in [0.1, 0.15) is 68.1 Å². The van der Waals surface area contributed by atoms with Crippen molar-refractivity contribution < 1.29 is 19.5 Å². The number of aryl methyl sites for hydroxylation is 1. The Morgan fingerprint density at radius 2 is 1.71 bits per heavy atom. The van der Waals surface area contributed by atoms with Gasteiger partial charge in [0.1, 0.15) is 5.82 Å². The Morgan fingerprint density at radius 3 is 2.34 bits per heavy atom.